The van der Waals surface area contributed by atoms with Crippen LogP contribution in [-0.2, 0) is 10.5 Å². The fraction of sp³-hybridized carbons (Fsp3) is 0.692. The van der Waals surface area contributed by atoms with Gasteiger partial charge in [0.05, 0.1) is 16.8 Å². The van der Waals surface area contributed by atoms with Crippen LogP contribution in [0.5, 0.6) is 0 Å². The molecule has 0 aromatic carbocycles. The van der Waals surface area contributed by atoms with Crippen molar-refractivity contribution in [3.63, 3.8) is 0 Å². The van der Waals surface area contributed by atoms with Gasteiger partial charge in [0.15, 0.2) is 0 Å². The van der Waals surface area contributed by atoms with Crippen LogP contribution < -0.4 is 0 Å². The number of aliphatic hydroxyl groups is 1. The Morgan fingerprint density at radius 3 is 2.95 bits per heavy atom. The molecule has 0 bridgehead atoms. The number of hydrogen-bond acceptors (Lipinski definition) is 5. The van der Waals surface area contributed by atoms with Gasteiger partial charge >= 0.3 is 0 Å². The van der Waals surface area contributed by atoms with Gasteiger partial charge in [-0.1, -0.05) is 0 Å². The van der Waals surface area contributed by atoms with E-state index < -0.39 is 0 Å². The van der Waals surface area contributed by atoms with Gasteiger partial charge in [-0.2, -0.15) is 11.8 Å². The lowest BCUT2D eigenvalue weighted by atomic mass is 10.1. The van der Waals surface area contributed by atoms with Crippen LogP contribution in [0.1, 0.15) is 30.0 Å². The summed E-state index contributed by atoms with van der Waals surface area (Å²) in [4.78, 5) is 18.2. The first-order chi connectivity index (χ1) is 9.15. The van der Waals surface area contributed by atoms with Crippen molar-refractivity contribution in [2.24, 2.45) is 0 Å². The summed E-state index contributed by atoms with van der Waals surface area (Å²) in [6, 6.07) is 0. The highest BCUT2D eigenvalue weighted by Gasteiger charge is 2.20. The summed E-state index contributed by atoms with van der Waals surface area (Å²) in [5.41, 5.74) is 1.11. The molecule has 0 unspecified atom stereocenters. The Balaban J connectivity index is 1.61. The van der Waals surface area contributed by atoms with Crippen LogP contribution >= 0.6 is 23.1 Å². The molecule has 0 spiro atoms. The molecule has 2 heterocycles. The van der Waals surface area contributed by atoms with Crippen molar-refractivity contribution >= 4 is 29.0 Å². The van der Waals surface area contributed by atoms with Crippen molar-refractivity contribution in [2.45, 2.75) is 38.0 Å². The molecule has 1 N–H and O–H groups in total. The van der Waals surface area contributed by atoms with Crippen LogP contribution in [-0.4, -0.2) is 45.8 Å². The number of rotatable bonds is 5. The Bertz CT molecular complexity index is 415. The zero-order valence-electron chi connectivity index (χ0n) is 11.2. The number of thiazole rings is 1. The van der Waals surface area contributed by atoms with Crippen molar-refractivity contribution in [1.82, 2.24) is 9.88 Å². The molecule has 1 aromatic rings. The van der Waals surface area contributed by atoms with E-state index >= 15 is 0 Å². The maximum absolute atomic E-state index is 11.9. The van der Waals surface area contributed by atoms with E-state index in [4.69, 9.17) is 0 Å². The summed E-state index contributed by atoms with van der Waals surface area (Å²) >= 11 is 3.43. The summed E-state index contributed by atoms with van der Waals surface area (Å²) in [5.74, 6) is 1.94. The summed E-state index contributed by atoms with van der Waals surface area (Å²) in [7, 11) is 0. The summed E-state index contributed by atoms with van der Waals surface area (Å²) in [6.45, 7) is 3.42. The number of carbonyl (C=O) groups excluding carboxylic acids is 1. The minimum Gasteiger partial charge on any atom is -0.393 e. The summed E-state index contributed by atoms with van der Waals surface area (Å²) < 4.78 is 0. The number of nitrogens with zero attached hydrogens (tertiary/aromatic N) is 2. The Kier molecular flexibility index (Phi) is 5.66. The lowest BCUT2D eigenvalue weighted by molar-refractivity contribution is -0.132. The van der Waals surface area contributed by atoms with Crippen molar-refractivity contribution in [3.8, 4) is 0 Å². The van der Waals surface area contributed by atoms with E-state index in [0.717, 1.165) is 35.0 Å². The first kappa shape index (κ1) is 14.8. The third-order valence-corrected chi connectivity index (χ3v) is 5.01. The number of hydrogen-bond donors (Lipinski definition) is 1. The quantitative estimate of drug-likeness (QED) is 0.846. The van der Waals surface area contributed by atoms with Crippen molar-refractivity contribution in [2.75, 3.05) is 18.8 Å². The fourth-order valence-corrected chi connectivity index (χ4v) is 3.62. The minimum absolute atomic E-state index is 0.216. The number of amides is 1. The molecule has 0 saturated carbocycles. The molecule has 1 fully saturated rings. The van der Waals surface area contributed by atoms with Gasteiger partial charge in [-0.25, -0.2) is 4.98 Å². The molecule has 106 valence electrons. The molecule has 0 aliphatic carbocycles. The number of carbonyl (C=O) groups is 1. The van der Waals surface area contributed by atoms with Gasteiger partial charge in [-0.05, 0) is 19.8 Å². The maximum Gasteiger partial charge on any atom is 0.223 e. The molecule has 19 heavy (non-hydrogen) atoms. The first-order valence-corrected chi connectivity index (χ1v) is 8.63. The molecule has 6 heteroatoms. The second-order valence-electron chi connectivity index (χ2n) is 4.77. The topological polar surface area (TPSA) is 53.4 Å². The zero-order chi connectivity index (χ0) is 13.7. The average Bonchev–Trinajstić information content (AvgIpc) is 2.81. The smallest absolute Gasteiger partial charge is 0.223 e. The standard InChI is InChI=1S/C13H20N2O2S2/c1-10-14-11(9-19-10)8-18-7-4-13(17)15-5-2-12(16)3-6-15/h9,12,16H,2-8H2,1H3. The third kappa shape index (κ3) is 4.78. The van der Waals surface area contributed by atoms with Gasteiger partial charge in [0, 0.05) is 36.4 Å². The van der Waals surface area contributed by atoms with Gasteiger partial charge in [0.25, 0.3) is 0 Å². The van der Waals surface area contributed by atoms with Crippen molar-refractivity contribution < 1.29 is 9.90 Å². The Morgan fingerprint density at radius 2 is 2.32 bits per heavy atom. The molecule has 0 radical (unpaired) electrons. The highest BCUT2D eigenvalue weighted by atomic mass is 32.2. The lowest BCUT2D eigenvalue weighted by Gasteiger charge is -2.29. The van der Waals surface area contributed by atoms with Crippen molar-refractivity contribution in [3.05, 3.63) is 16.1 Å². The van der Waals surface area contributed by atoms with Crippen molar-refractivity contribution in [1.29, 1.82) is 0 Å². The van der Waals surface area contributed by atoms with Gasteiger partial charge < -0.3 is 10.0 Å². The number of likely N-dealkylation sites (tertiary alicyclic amines) is 1. The summed E-state index contributed by atoms with van der Waals surface area (Å²) in [5, 5.41) is 12.6. The molecular formula is C13H20N2O2S2. The van der Waals surface area contributed by atoms with E-state index in [1.54, 1.807) is 23.1 Å². The third-order valence-electron chi connectivity index (χ3n) is 3.19. The van der Waals surface area contributed by atoms with Crippen LogP contribution in [0.4, 0.5) is 0 Å². The number of aliphatic hydroxyl groups excluding tert-OH is 1. The zero-order valence-corrected chi connectivity index (χ0v) is 12.8. The number of aryl methyl sites for hydroxylation is 1. The van der Waals surface area contributed by atoms with E-state index in [0.29, 0.717) is 19.5 Å². The largest absolute Gasteiger partial charge is 0.393 e. The van der Waals surface area contributed by atoms with Gasteiger partial charge in [0.2, 0.25) is 5.91 Å². The minimum atomic E-state index is -0.216. The van der Waals surface area contributed by atoms with Crippen LogP contribution in [0, 0.1) is 6.92 Å². The van der Waals surface area contributed by atoms with E-state index in [2.05, 4.69) is 10.4 Å². The van der Waals surface area contributed by atoms with Crippen LogP contribution in [0.2, 0.25) is 0 Å². The molecule has 4 nitrogen and oxygen atoms in total. The van der Waals surface area contributed by atoms with Gasteiger partial charge in [0.1, 0.15) is 0 Å². The van der Waals surface area contributed by atoms with Crippen LogP contribution in [0.15, 0.2) is 5.38 Å². The Labute approximate surface area is 122 Å². The Hall–Kier alpha value is -0.590. The Morgan fingerprint density at radius 1 is 1.58 bits per heavy atom. The first-order valence-electron chi connectivity index (χ1n) is 6.60. The number of aromatic nitrogens is 1. The molecule has 2 rings (SSSR count). The number of piperidine rings is 1. The molecule has 1 saturated heterocycles. The average molecular weight is 300 g/mol. The summed E-state index contributed by atoms with van der Waals surface area (Å²) in [6.07, 6.45) is 1.81. The maximum atomic E-state index is 11.9. The van der Waals surface area contributed by atoms with E-state index in [1.165, 1.54) is 0 Å². The monoisotopic (exact) mass is 300 g/mol. The fourth-order valence-electron chi connectivity index (χ4n) is 2.08. The predicted molar refractivity (Wildman–Crippen MR) is 79.5 cm³/mol. The lowest BCUT2D eigenvalue weighted by Crippen LogP contribution is -2.40. The second-order valence-corrected chi connectivity index (χ2v) is 6.94. The number of thioether (sulfide) groups is 1. The highest BCUT2D eigenvalue weighted by molar-refractivity contribution is 7.98. The molecule has 1 aliphatic heterocycles. The second kappa shape index (κ2) is 7.26. The van der Waals surface area contributed by atoms with E-state index in [9.17, 15) is 9.90 Å². The van der Waals surface area contributed by atoms with E-state index in [1.807, 2.05) is 11.8 Å². The van der Waals surface area contributed by atoms with Gasteiger partial charge in [-0.3, -0.25) is 4.79 Å². The molecule has 1 aliphatic rings. The van der Waals surface area contributed by atoms with E-state index in [-0.39, 0.29) is 12.0 Å². The molecular weight excluding hydrogens is 280 g/mol. The molecule has 1 amide bonds. The molecule has 0 atom stereocenters. The van der Waals surface area contributed by atoms with Crippen LogP contribution in [0.25, 0.3) is 0 Å². The SMILES string of the molecule is Cc1nc(CSCCC(=O)N2CCC(O)CC2)cs1. The predicted octanol–water partition coefficient (Wildman–Crippen LogP) is 2.06. The highest BCUT2D eigenvalue weighted by Crippen LogP contribution is 2.17. The van der Waals surface area contributed by atoms with Gasteiger partial charge in [-0.15, -0.1) is 11.3 Å². The van der Waals surface area contributed by atoms with Crippen LogP contribution in [0.3, 0.4) is 0 Å². The normalized spacial score (nSPS) is 16.8. The molecule has 1 aromatic heterocycles.